The monoisotopic (exact) mass is 1910 g/mol. The molecule has 9 aromatic carbocycles. The molecule has 0 bridgehead atoms. The van der Waals surface area contributed by atoms with Gasteiger partial charge in [-0.05, 0) is 111 Å². The van der Waals surface area contributed by atoms with E-state index in [-0.39, 0.29) is 69.9 Å². The molecule has 46 heteroatoms. The highest BCUT2D eigenvalue weighted by Gasteiger charge is 2.41. The van der Waals surface area contributed by atoms with E-state index >= 15 is 0 Å². The number of ketones is 3. The number of sulfonamides is 4. The molecule has 1 amide bonds. The molecule has 11 rings (SSSR count). The van der Waals surface area contributed by atoms with Crippen LogP contribution in [0.5, 0.6) is 0 Å². The minimum Gasteiger partial charge on any atom is -0.295 e. The van der Waals surface area contributed by atoms with Crippen molar-refractivity contribution in [2.75, 3.05) is 0 Å². The van der Waals surface area contributed by atoms with Gasteiger partial charge in [0.1, 0.15) is 42.7 Å². The summed E-state index contributed by atoms with van der Waals surface area (Å²) in [7, 11) is -20.0. The second-order valence-electron chi connectivity index (χ2n) is 27.7. The Morgan fingerprint density at radius 3 is 1.07 bits per heavy atom. The van der Waals surface area contributed by atoms with E-state index in [1.54, 1.807) is 0 Å². The molecule has 686 valence electrons. The van der Waals surface area contributed by atoms with E-state index in [1.807, 2.05) is 0 Å². The van der Waals surface area contributed by atoms with Gasteiger partial charge in [0.25, 0.3) is 5.91 Å². The van der Waals surface area contributed by atoms with Gasteiger partial charge in [-0.25, -0.2) is 123 Å². The van der Waals surface area contributed by atoms with E-state index in [9.17, 15) is 149 Å². The van der Waals surface area contributed by atoms with Crippen LogP contribution in [0, 0.1) is 117 Å². The second kappa shape index (κ2) is 41.9. The van der Waals surface area contributed by atoms with E-state index in [2.05, 4.69) is 9.97 Å². The standard InChI is InChI=1S/C22H15F7N2O3S.C22H16F5NO3S.C21H15F5N2O3S.C18H17F5N2O4S/c1-12(32)14-6-4-13(5-7-14)10-31(11-15-3-2-8-30-21(15)22(27,28)29)35(33,34)17-9-16(23)18(24)20(26)19(17)25;1-13(29)16-6-2-14(3-7-16)11-28(12-15-4-8-17(23)9-5-15)32(30,31)19-10-18(24)20(25)22(27)21(19)26;1-12(29)15-4-2-13(3-5-15)10-28(11-14-6-16(22)9-27-8-14)32(30,31)18-7-17(23)19(24)21(26)20(18)25;1-8(2)25(7-11-5-4-10(6-12(11)19)18(26)24-27)30(28,29)17-9(3)13(20)14(21)15(22)16(17)23/h2-9H,10-11H2,1H3;2-10H,11-12H2,1H3;2-9H,10-11H2,1H3;4-6,8,27H,7H2,1-3H3,(H,24,26). The zero-order valence-electron chi connectivity index (χ0n) is 66.7. The van der Waals surface area contributed by atoms with Crippen molar-refractivity contribution >= 4 is 63.4 Å². The number of nitrogens with zero attached hydrogens (tertiary/aromatic N) is 6. The predicted octanol–water partition coefficient (Wildman–Crippen LogP) is 18.0. The third-order valence-electron chi connectivity index (χ3n) is 18.5. The maximum Gasteiger partial charge on any atom is 0.433 e. The summed E-state index contributed by atoms with van der Waals surface area (Å²) in [6, 6.07) is 26.6. The number of hydrogen-bond acceptors (Lipinski definition) is 15. The SMILES string of the molecule is CC(=O)c1ccc(CN(Cc2ccc(F)cc2)S(=O)(=O)c2cc(F)c(F)c(F)c2F)cc1.CC(=O)c1ccc(CN(Cc2cccnc2C(F)(F)F)S(=O)(=O)c2cc(F)c(F)c(F)c2F)cc1.CC(=O)c1ccc(CN(Cc2cncc(F)c2)S(=O)(=O)c2cc(F)c(F)c(F)c2F)cc1.Cc1c(F)c(F)c(F)c(F)c1S(=O)(=O)N(Cc1ccc(C(=O)NO)cc1F)C(C)C. The molecule has 0 aliphatic carbocycles. The van der Waals surface area contributed by atoms with Crippen LogP contribution in [0.2, 0.25) is 0 Å². The number of hydrogen-bond donors (Lipinski definition) is 2. The van der Waals surface area contributed by atoms with Crippen LogP contribution in [0.15, 0.2) is 190 Å². The molecule has 0 atom stereocenters. The summed E-state index contributed by atoms with van der Waals surface area (Å²) >= 11 is 0. The van der Waals surface area contributed by atoms with E-state index in [0.717, 1.165) is 74.0 Å². The van der Waals surface area contributed by atoms with Crippen LogP contribution in [-0.2, 0) is 92.1 Å². The summed E-state index contributed by atoms with van der Waals surface area (Å²) in [6.45, 7) is 3.28. The molecule has 2 heterocycles. The molecule has 2 aromatic heterocycles. The molecule has 11 aromatic rings. The molecule has 129 heavy (non-hydrogen) atoms. The molecule has 0 aliphatic heterocycles. The van der Waals surface area contributed by atoms with Gasteiger partial charge in [0.15, 0.2) is 110 Å². The minimum atomic E-state index is -5.23. The quantitative estimate of drug-likeness (QED) is 0.0121. The Labute approximate surface area is 719 Å². The van der Waals surface area contributed by atoms with Gasteiger partial charge in [-0.1, -0.05) is 97.1 Å². The highest BCUT2D eigenvalue weighted by atomic mass is 32.2. The van der Waals surface area contributed by atoms with Crippen molar-refractivity contribution in [1.82, 2.24) is 32.7 Å². The van der Waals surface area contributed by atoms with E-state index in [4.69, 9.17) is 5.21 Å². The van der Waals surface area contributed by atoms with Crippen molar-refractivity contribution in [3.05, 3.63) is 353 Å². The van der Waals surface area contributed by atoms with Crippen LogP contribution < -0.4 is 5.48 Å². The topological polar surface area (TPSA) is 276 Å². The zero-order chi connectivity index (χ0) is 96.4. The lowest BCUT2D eigenvalue weighted by molar-refractivity contribution is -0.142. The van der Waals surface area contributed by atoms with Crippen LogP contribution in [0.25, 0.3) is 0 Å². The Morgan fingerprint density at radius 1 is 0.372 bits per heavy atom. The number of pyridine rings is 2. The fourth-order valence-corrected chi connectivity index (χ4v) is 18.1. The summed E-state index contributed by atoms with van der Waals surface area (Å²) in [4.78, 5) is 46.7. The second-order valence-corrected chi connectivity index (χ2v) is 35.3. The maximum absolute atomic E-state index is 14.4. The molecule has 0 spiro atoms. The van der Waals surface area contributed by atoms with Gasteiger partial charge in [-0.15, -0.1) is 0 Å². The number of alkyl halides is 3. The fourth-order valence-electron chi connectivity index (χ4n) is 11.7. The molecule has 0 saturated carbocycles. The number of Topliss-reactive ketones (excluding diaryl/α,β-unsaturated/α-hetero) is 3. The number of carbonyl (C=O) groups excluding carboxylic acids is 4. The van der Waals surface area contributed by atoms with Crippen LogP contribution in [0.1, 0.15) is 126 Å². The number of carbonyl (C=O) groups is 4. The van der Waals surface area contributed by atoms with Crippen LogP contribution >= 0.6 is 0 Å². The lowest BCUT2D eigenvalue weighted by Gasteiger charge is -2.27. The lowest BCUT2D eigenvalue weighted by Crippen LogP contribution is -2.38. The number of aromatic nitrogens is 2. The first kappa shape index (κ1) is 102. The molecule has 0 unspecified atom stereocenters. The number of halogens is 22. The summed E-state index contributed by atoms with van der Waals surface area (Å²) in [5.41, 5.74) is -0.00936. The van der Waals surface area contributed by atoms with Gasteiger partial charge in [-0.3, -0.25) is 34.4 Å². The highest BCUT2D eigenvalue weighted by molar-refractivity contribution is 7.90. The van der Waals surface area contributed by atoms with Gasteiger partial charge >= 0.3 is 6.18 Å². The Hall–Kier alpha value is -12.2. The van der Waals surface area contributed by atoms with Crippen molar-refractivity contribution in [3.8, 4) is 0 Å². The molecule has 0 fully saturated rings. The first-order valence-electron chi connectivity index (χ1n) is 36.3. The highest BCUT2D eigenvalue weighted by Crippen LogP contribution is 2.37. The predicted molar refractivity (Wildman–Crippen MR) is 412 cm³/mol. The van der Waals surface area contributed by atoms with Crippen molar-refractivity contribution in [2.45, 2.75) is 119 Å². The minimum absolute atomic E-state index is 0.0404. The van der Waals surface area contributed by atoms with E-state index in [0.29, 0.717) is 45.0 Å². The fraction of sp³-hybridized carbons (Fsp3) is 0.181. The van der Waals surface area contributed by atoms with Crippen LogP contribution in [-0.4, -0.2) is 95.4 Å². The van der Waals surface area contributed by atoms with Crippen molar-refractivity contribution in [1.29, 1.82) is 0 Å². The van der Waals surface area contributed by atoms with E-state index in [1.165, 1.54) is 125 Å². The van der Waals surface area contributed by atoms with Gasteiger partial charge in [0, 0.05) is 116 Å². The Kier molecular flexibility index (Phi) is 33.2. The maximum atomic E-state index is 14.4. The van der Waals surface area contributed by atoms with Gasteiger partial charge in [0.2, 0.25) is 40.1 Å². The van der Waals surface area contributed by atoms with Crippen molar-refractivity contribution in [2.24, 2.45) is 0 Å². The molecule has 0 saturated heterocycles. The molecular formula is C83H63F22N7O13S4. The average molecular weight is 1910 g/mol. The van der Waals surface area contributed by atoms with Crippen LogP contribution in [0.4, 0.5) is 96.6 Å². The van der Waals surface area contributed by atoms with Gasteiger partial charge < -0.3 is 0 Å². The number of amides is 1. The normalized spacial score (nSPS) is 11.9. The van der Waals surface area contributed by atoms with Crippen molar-refractivity contribution < 1.29 is 155 Å². The third kappa shape index (κ3) is 24.0. The largest absolute Gasteiger partial charge is 0.433 e. The number of hydroxylamine groups is 1. The van der Waals surface area contributed by atoms with Gasteiger partial charge in [0.05, 0.1) is 6.20 Å². The molecule has 20 nitrogen and oxygen atoms in total. The summed E-state index contributed by atoms with van der Waals surface area (Å²) < 4.78 is 409. The van der Waals surface area contributed by atoms with Crippen LogP contribution in [0.3, 0.4) is 0 Å². The number of benzene rings is 9. The van der Waals surface area contributed by atoms with Gasteiger partial charge in [-0.2, -0.15) is 30.4 Å². The smallest absolute Gasteiger partial charge is 0.295 e. The summed E-state index contributed by atoms with van der Waals surface area (Å²) in [5, 5.41) is 8.58. The van der Waals surface area contributed by atoms with Crippen molar-refractivity contribution in [3.63, 3.8) is 0 Å². The summed E-state index contributed by atoms with van der Waals surface area (Å²) in [6.07, 6.45) is -2.11. The first-order valence-corrected chi connectivity index (χ1v) is 42.1. The molecule has 0 aliphatic rings. The Morgan fingerprint density at radius 2 is 0.721 bits per heavy atom. The third-order valence-corrected chi connectivity index (χ3v) is 26.0. The molecule has 0 radical (unpaired) electrons. The molecule has 2 N–H and O–H groups in total. The summed E-state index contributed by atoms with van der Waals surface area (Å²) in [5.74, 6) is -38.1. The Balaban J connectivity index is 0.000000213. The first-order chi connectivity index (χ1) is 60.1. The van der Waals surface area contributed by atoms with E-state index < -0.39 is 244 Å². The number of rotatable bonds is 27. The Bertz CT molecular complexity index is 6570. The average Bonchev–Trinajstić information content (AvgIpc) is 0.748. The zero-order valence-corrected chi connectivity index (χ0v) is 69.9. The number of nitrogens with one attached hydrogen (secondary N) is 1. The molecular weight excluding hydrogens is 1850 g/mol. The lowest BCUT2D eigenvalue weighted by atomic mass is 10.1.